The summed E-state index contributed by atoms with van der Waals surface area (Å²) in [5.74, 6) is -0.276. The third kappa shape index (κ3) is 5.92. The Kier molecular flexibility index (Phi) is 8.07. The monoisotopic (exact) mass is 429 g/mol. The van der Waals surface area contributed by atoms with Crippen molar-refractivity contribution < 1.29 is 14.6 Å². The fourth-order valence-corrected chi connectivity index (χ4v) is 3.40. The number of methoxy groups -OCH3 is 1. The molecule has 1 aromatic heterocycles. The molecule has 9 heteroatoms. The Morgan fingerprint density at radius 2 is 2.11 bits per heavy atom. The van der Waals surface area contributed by atoms with Crippen molar-refractivity contribution in [3.8, 4) is 0 Å². The van der Waals surface area contributed by atoms with E-state index in [0.717, 1.165) is 11.3 Å². The Morgan fingerprint density at radius 3 is 2.70 bits per heavy atom. The van der Waals surface area contributed by atoms with Gasteiger partial charge in [-0.3, -0.25) is 10.1 Å². The molecule has 6 nitrogen and oxygen atoms in total. The van der Waals surface area contributed by atoms with E-state index in [4.69, 9.17) is 33.0 Å². The number of ether oxygens (including phenoxy) is 1. The first-order chi connectivity index (χ1) is 12.8. The Morgan fingerprint density at radius 1 is 1.37 bits per heavy atom. The van der Waals surface area contributed by atoms with Gasteiger partial charge < -0.3 is 14.7 Å². The molecule has 0 unspecified atom stereocenters. The smallest absolute Gasteiger partial charge is 0.254 e. The minimum Gasteiger partial charge on any atom is -0.391 e. The van der Waals surface area contributed by atoms with Crippen LogP contribution in [-0.2, 0) is 22.7 Å². The number of benzene rings is 1. The number of carbonyl (C=O) groups excluding carboxylic acids is 1. The second-order valence-corrected chi connectivity index (χ2v) is 7.78. The molecule has 0 saturated heterocycles. The summed E-state index contributed by atoms with van der Waals surface area (Å²) in [6.07, 6.45) is 1.53. The minimum absolute atomic E-state index is 0.107. The van der Waals surface area contributed by atoms with Gasteiger partial charge in [0.05, 0.1) is 28.1 Å². The predicted octanol–water partition coefficient (Wildman–Crippen LogP) is 3.93. The molecule has 0 spiro atoms. The molecule has 1 heterocycles. The fraction of sp³-hybridized carbons (Fsp3) is 0.333. The van der Waals surface area contributed by atoms with E-state index in [9.17, 15) is 4.79 Å². The highest BCUT2D eigenvalue weighted by Crippen LogP contribution is 2.24. The van der Waals surface area contributed by atoms with Crippen LogP contribution in [-0.4, -0.2) is 41.7 Å². The van der Waals surface area contributed by atoms with Crippen molar-refractivity contribution >= 4 is 45.6 Å². The van der Waals surface area contributed by atoms with Crippen molar-refractivity contribution in [3.63, 3.8) is 0 Å². The number of nitrogens with zero attached hydrogens (tertiary/aromatic N) is 2. The van der Waals surface area contributed by atoms with Gasteiger partial charge in [-0.15, -0.1) is 0 Å². The Bertz CT molecular complexity index is 839. The summed E-state index contributed by atoms with van der Waals surface area (Å²) in [5.41, 5.74) is 2.21. The van der Waals surface area contributed by atoms with Crippen molar-refractivity contribution in [1.29, 1.82) is 0 Å². The number of nitrogens with one attached hydrogen (secondary N) is 1. The number of aliphatic hydroxyl groups excluding tert-OH is 1. The summed E-state index contributed by atoms with van der Waals surface area (Å²) in [6.45, 7) is 2.43. The van der Waals surface area contributed by atoms with Gasteiger partial charge >= 0.3 is 0 Å². The lowest BCUT2D eigenvalue weighted by molar-refractivity contribution is -0.113. The molecule has 0 aliphatic carbocycles. The SMILES string of the molecule is COC/C(=C(/C)C(=O)Nc1ncc(CO)s1)N(C)Cc1ccc(Cl)c(Cl)c1. The first-order valence-electron chi connectivity index (χ1n) is 8.06. The Labute approximate surface area is 172 Å². The van der Waals surface area contributed by atoms with Crippen LogP contribution in [0.2, 0.25) is 10.0 Å². The van der Waals surface area contributed by atoms with Crippen LogP contribution < -0.4 is 5.32 Å². The molecule has 0 atom stereocenters. The summed E-state index contributed by atoms with van der Waals surface area (Å²) in [7, 11) is 3.45. The molecular formula is C18H21Cl2N3O3S. The van der Waals surface area contributed by atoms with Gasteiger partial charge in [-0.25, -0.2) is 4.98 Å². The third-order valence-corrected chi connectivity index (χ3v) is 5.49. The predicted molar refractivity (Wildman–Crippen MR) is 109 cm³/mol. The molecule has 146 valence electrons. The number of carbonyl (C=O) groups is 1. The van der Waals surface area contributed by atoms with Crippen LogP contribution in [0.3, 0.4) is 0 Å². The average molecular weight is 430 g/mol. The van der Waals surface area contributed by atoms with Crippen LogP contribution in [0.5, 0.6) is 0 Å². The first kappa shape index (κ1) is 21.7. The summed E-state index contributed by atoms with van der Waals surface area (Å²) in [6, 6.07) is 5.43. The summed E-state index contributed by atoms with van der Waals surface area (Å²) >= 11 is 13.3. The van der Waals surface area contributed by atoms with E-state index in [0.29, 0.717) is 32.2 Å². The normalized spacial score (nSPS) is 11.9. The van der Waals surface area contributed by atoms with Gasteiger partial charge in [0, 0.05) is 38.2 Å². The van der Waals surface area contributed by atoms with Gasteiger partial charge in [-0.05, 0) is 24.6 Å². The van der Waals surface area contributed by atoms with Crippen LogP contribution in [0.25, 0.3) is 0 Å². The fourth-order valence-electron chi connectivity index (χ4n) is 2.41. The lowest BCUT2D eigenvalue weighted by Crippen LogP contribution is -2.26. The maximum atomic E-state index is 12.6. The highest BCUT2D eigenvalue weighted by Gasteiger charge is 2.17. The number of rotatable bonds is 8. The number of hydrogen-bond donors (Lipinski definition) is 2. The van der Waals surface area contributed by atoms with E-state index in [2.05, 4.69) is 10.3 Å². The molecular weight excluding hydrogens is 409 g/mol. The van der Waals surface area contributed by atoms with Crippen molar-refractivity contribution in [2.24, 2.45) is 0 Å². The van der Waals surface area contributed by atoms with Crippen molar-refractivity contribution in [2.75, 3.05) is 26.1 Å². The van der Waals surface area contributed by atoms with E-state index in [1.165, 1.54) is 17.5 Å². The highest BCUT2D eigenvalue weighted by atomic mass is 35.5. The van der Waals surface area contributed by atoms with Crippen LogP contribution in [0, 0.1) is 0 Å². The summed E-state index contributed by atoms with van der Waals surface area (Å²) < 4.78 is 5.28. The Balaban J connectivity index is 2.18. The zero-order valence-electron chi connectivity index (χ0n) is 15.3. The number of halogens is 2. The van der Waals surface area contributed by atoms with E-state index in [-0.39, 0.29) is 19.1 Å². The van der Waals surface area contributed by atoms with E-state index in [1.807, 2.05) is 18.0 Å². The molecule has 2 aromatic rings. The molecule has 0 aliphatic rings. The number of aliphatic hydroxyl groups is 1. The zero-order chi connectivity index (χ0) is 20.0. The molecule has 0 aliphatic heterocycles. The standard InChI is InChI=1S/C18H21Cl2N3O3S/c1-11(17(25)22-18-21-7-13(9-24)27-18)16(10-26-3)23(2)8-12-4-5-14(19)15(20)6-12/h4-7,24H,8-10H2,1-3H3,(H,21,22,25)/b16-11+. The number of thiazole rings is 1. The number of hydrogen-bond acceptors (Lipinski definition) is 6. The van der Waals surface area contributed by atoms with Crippen LogP contribution >= 0.6 is 34.5 Å². The quantitative estimate of drug-likeness (QED) is 0.621. The molecule has 2 N–H and O–H groups in total. The zero-order valence-corrected chi connectivity index (χ0v) is 17.6. The molecule has 0 saturated carbocycles. The van der Waals surface area contributed by atoms with Crippen molar-refractivity contribution in [3.05, 3.63) is 56.2 Å². The Hall–Kier alpha value is -1.64. The van der Waals surface area contributed by atoms with Gasteiger partial charge in [-0.2, -0.15) is 0 Å². The second-order valence-electron chi connectivity index (χ2n) is 5.85. The van der Waals surface area contributed by atoms with Gasteiger partial charge in [0.15, 0.2) is 5.13 Å². The van der Waals surface area contributed by atoms with E-state index < -0.39 is 0 Å². The topological polar surface area (TPSA) is 74.7 Å². The van der Waals surface area contributed by atoms with Gasteiger partial charge in [-0.1, -0.05) is 40.6 Å². The summed E-state index contributed by atoms with van der Waals surface area (Å²) in [4.78, 5) is 19.3. The lowest BCUT2D eigenvalue weighted by atomic mass is 10.1. The molecule has 0 radical (unpaired) electrons. The number of aromatic nitrogens is 1. The van der Waals surface area contributed by atoms with Gasteiger partial charge in [0.25, 0.3) is 5.91 Å². The third-order valence-electron chi connectivity index (χ3n) is 3.85. The van der Waals surface area contributed by atoms with Crippen LogP contribution in [0.15, 0.2) is 35.7 Å². The van der Waals surface area contributed by atoms with Gasteiger partial charge in [0.2, 0.25) is 0 Å². The number of anilines is 1. The molecule has 2 rings (SSSR count). The van der Waals surface area contributed by atoms with Crippen LogP contribution in [0.4, 0.5) is 5.13 Å². The lowest BCUT2D eigenvalue weighted by Gasteiger charge is -2.24. The number of amides is 1. The average Bonchev–Trinajstić information content (AvgIpc) is 3.09. The highest BCUT2D eigenvalue weighted by molar-refractivity contribution is 7.15. The van der Waals surface area contributed by atoms with E-state index >= 15 is 0 Å². The maximum absolute atomic E-state index is 12.6. The molecule has 1 aromatic carbocycles. The van der Waals surface area contributed by atoms with Crippen LogP contribution in [0.1, 0.15) is 17.4 Å². The van der Waals surface area contributed by atoms with Crippen molar-refractivity contribution in [1.82, 2.24) is 9.88 Å². The van der Waals surface area contributed by atoms with Gasteiger partial charge in [0.1, 0.15) is 0 Å². The first-order valence-corrected chi connectivity index (χ1v) is 9.63. The molecule has 27 heavy (non-hydrogen) atoms. The molecule has 0 bridgehead atoms. The largest absolute Gasteiger partial charge is 0.391 e. The number of likely N-dealkylation sites (N-methyl/N-ethyl adjacent to an activating group) is 1. The maximum Gasteiger partial charge on any atom is 0.254 e. The van der Waals surface area contributed by atoms with Crippen molar-refractivity contribution in [2.45, 2.75) is 20.1 Å². The molecule has 1 amide bonds. The minimum atomic E-state index is -0.276. The second kappa shape index (κ2) is 10.1. The molecule has 0 fully saturated rings. The van der Waals surface area contributed by atoms with E-state index in [1.54, 1.807) is 26.2 Å². The summed E-state index contributed by atoms with van der Waals surface area (Å²) in [5, 5.41) is 13.3.